The number of halogens is 1. The molecule has 23 heavy (non-hydrogen) atoms. The number of amides is 2. The van der Waals surface area contributed by atoms with Crippen molar-refractivity contribution >= 4 is 23.4 Å². The zero-order valence-corrected chi connectivity index (χ0v) is 14.4. The Morgan fingerprint density at radius 2 is 2.04 bits per heavy atom. The Morgan fingerprint density at radius 1 is 1.35 bits per heavy atom. The van der Waals surface area contributed by atoms with Crippen LogP contribution in [-0.2, 0) is 16.0 Å². The van der Waals surface area contributed by atoms with Crippen LogP contribution in [-0.4, -0.2) is 43.5 Å². The summed E-state index contributed by atoms with van der Waals surface area (Å²) >= 11 is 6.19. The minimum absolute atomic E-state index is 0.00283. The molecule has 1 aromatic rings. The summed E-state index contributed by atoms with van der Waals surface area (Å²) in [5, 5.41) is 3.62. The number of carbonyl (C=O) groups is 2. The van der Waals surface area contributed by atoms with Crippen molar-refractivity contribution in [1.82, 2.24) is 10.2 Å². The van der Waals surface area contributed by atoms with Crippen LogP contribution in [0.5, 0.6) is 5.75 Å². The maximum absolute atomic E-state index is 12.2. The van der Waals surface area contributed by atoms with Crippen molar-refractivity contribution in [2.24, 2.45) is 5.92 Å². The van der Waals surface area contributed by atoms with Gasteiger partial charge in [-0.2, -0.15) is 0 Å². The lowest BCUT2D eigenvalue weighted by molar-refractivity contribution is -0.133. The van der Waals surface area contributed by atoms with Gasteiger partial charge in [-0.1, -0.05) is 17.7 Å². The fraction of sp³-hybridized carbons (Fsp3) is 0.529. The van der Waals surface area contributed by atoms with E-state index in [1.165, 1.54) is 0 Å². The Kier molecular flexibility index (Phi) is 6.28. The van der Waals surface area contributed by atoms with E-state index in [1.807, 2.05) is 12.1 Å². The van der Waals surface area contributed by atoms with Gasteiger partial charge in [0.1, 0.15) is 5.75 Å². The molecule has 1 N–H and O–H groups in total. The van der Waals surface area contributed by atoms with Crippen LogP contribution in [0.3, 0.4) is 0 Å². The van der Waals surface area contributed by atoms with E-state index in [0.29, 0.717) is 31.1 Å². The summed E-state index contributed by atoms with van der Waals surface area (Å²) < 4.78 is 5.12. The molecule has 1 saturated heterocycles. The summed E-state index contributed by atoms with van der Waals surface area (Å²) in [6, 6.07) is 5.55. The zero-order chi connectivity index (χ0) is 16.8. The van der Waals surface area contributed by atoms with Crippen LogP contribution in [0.25, 0.3) is 0 Å². The van der Waals surface area contributed by atoms with Gasteiger partial charge in [-0.05, 0) is 37.0 Å². The van der Waals surface area contributed by atoms with Crippen molar-refractivity contribution in [3.8, 4) is 5.75 Å². The highest BCUT2D eigenvalue weighted by atomic mass is 35.5. The third-order valence-corrected chi connectivity index (χ3v) is 4.62. The number of nitrogens with zero attached hydrogens (tertiary/aromatic N) is 1. The number of benzene rings is 1. The summed E-state index contributed by atoms with van der Waals surface area (Å²) in [4.78, 5) is 25.3. The second-order valence-corrected chi connectivity index (χ2v) is 6.19. The summed E-state index contributed by atoms with van der Waals surface area (Å²) in [5.74, 6) is 0.868. The van der Waals surface area contributed by atoms with E-state index in [9.17, 15) is 9.59 Å². The van der Waals surface area contributed by atoms with E-state index in [2.05, 4.69) is 5.32 Å². The predicted molar refractivity (Wildman–Crippen MR) is 89.7 cm³/mol. The first-order chi connectivity index (χ1) is 11.0. The Morgan fingerprint density at radius 3 is 2.61 bits per heavy atom. The molecule has 1 heterocycles. The maximum atomic E-state index is 12.2. The van der Waals surface area contributed by atoms with E-state index in [1.54, 1.807) is 25.0 Å². The Labute approximate surface area is 141 Å². The molecule has 0 unspecified atom stereocenters. The van der Waals surface area contributed by atoms with Gasteiger partial charge in [0.25, 0.3) is 0 Å². The lowest BCUT2D eigenvalue weighted by atomic mass is 9.96. The summed E-state index contributed by atoms with van der Waals surface area (Å²) in [6.45, 7) is 3.45. The summed E-state index contributed by atoms with van der Waals surface area (Å²) in [6.07, 6.45) is 2.14. The van der Waals surface area contributed by atoms with Crippen molar-refractivity contribution < 1.29 is 14.3 Å². The first kappa shape index (κ1) is 17.6. The molecule has 1 aliphatic heterocycles. The fourth-order valence-electron chi connectivity index (χ4n) is 2.78. The van der Waals surface area contributed by atoms with Gasteiger partial charge in [-0.3, -0.25) is 9.59 Å². The molecule has 2 rings (SSSR count). The van der Waals surface area contributed by atoms with Gasteiger partial charge >= 0.3 is 0 Å². The fourth-order valence-corrected chi connectivity index (χ4v) is 3.04. The first-order valence-corrected chi connectivity index (χ1v) is 8.24. The Hall–Kier alpha value is -1.75. The number of methoxy groups -OCH3 is 1. The average molecular weight is 339 g/mol. The van der Waals surface area contributed by atoms with Crippen LogP contribution in [0.15, 0.2) is 18.2 Å². The van der Waals surface area contributed by atoms with E-state index in [4.69, 9.17) is 16.3 Å². The van der Waals surface area contributed by atoms with Gasteiger partial charge in [0, 0.05) is 37.5 Å². The van der Waals surface area contributed by atoms with E-state index < -0.39 is 0 Å². The van der Waals surface area contributed by atoms with Crippen LogP contribution in [0.1, 0.15) is 25.3 Å². The third-order valence-electron chi connectivity index (χ3n) is 4.26. The first-order valence-electron chi connectivity index (χ1n) is 7.87. The normalized spacial score (nSPS) is 15.3. The third kappa shape index (κ3) is 4.86. The lowest BCUT2D eigenvalue weighted by Crippen LogP contribution is -2.42. The number of hydrogen-bond acceptors (Lipinski definition) is 3. The van der Waals surface area contributed by atoms with Crippen LogP contribution in [0, 0.1) is 5.92 Å². The second-order valence-electron chi connectivity index (χ2n) is 5.78. The van der Waals surface area contributed by atoms with Crippen molar-refractivity contribution in [3.05, 3.63) is 28.8 Å². The topological polar surface area (TPSA) is 58.6 Å². The highest BCUT2D eigenvalue weighted by Gasteiger charge is 2.25. The smallest absolute Gasteiger partial charge is 0.223 e. The Balaban J connectivity index is 1.76. The number of hydrogen-bond donors (Lipinski definition) is 1. The van der Waals surface area contributed by atoms with Gasteiger partial charge in [-0.25, -0.2) is 0 Å². The van der Waals surface area contributed by atoms with E-state index >= 15 is 0 Å². The van der Waals surface area contributed by atoms with E-state index in [0.717, 1.165) is 24.2 Å². The molecule has 0 bridgehead atoms. The molecule has 0 saturated carbocycles. The van der Waals surface area contributed by atoms with Crippen molar-refractivity contribution in [2.75, 3.05) is 26.7 Å². The molecule has 1 aliphatic rings. The predicted octanol–water partition coefficient (Wildman–Crippen LogP) is 2.27. The number of nitrogens with one attached hydrogen (secondary N) is 1. The van der Waals surface area contributed by atoms with Gasteiger partial charge in [0.05, 0.1) is 7.11 Å². The van der Waals surface area contributed by atoms with Crippen LogP contribution in [0.4, 0.5) is 0 Å². The molecule has 0 aromatic heterocycles. The second kappa shape index (κ2) is 8.20. The van der Waals surface area contributed by atoms with Crippen LogP contribution >= 0.6 is 11.6 Å². The van der Waals surface area contributed by atoms with E-state index in [-0.39, 0.29) is 17.7 Å². The molecular formula is C17H23ClN2O3. The monoisotopic (exact) mass is 338 g/mol. The van der Waals surface area contributed by atoms with Crippen LogP contribution in [0.2, 0.25) is 5.02 Å². The molecule has 0 radical (unpaired) electrons. The molecule has 0 atom stereocenters. The van der Waals surface area contributed by atoms with Gasteiger partial charge in [0.2, 0.25) is 11.8 Å². The molecule has 1 fully saturated rings. The van der Waals surface area contributed by atoms with Gasteiger partial charge in [-0.15, -0.1) is 0 Å². The van der Waals surface area contributed by atoms with Crippen molar-refractivity contribution in [1.29, 1.82) is 0 Å². The number of likely N-dealkylation sites (tertiary alicyclic amines) is 1. The molecule has 5 nitrogen and oxygen atoms in total. The minimum atomic E-state index is -0.00283. The molecule has 0 spiro atoms. The SMILES string of the molecule is COc1ccc(CCNC(=O)C2CCN(C(C)=O)CC2)c(Cl)c1. The van der Waals surface area contributed by atoms with Crippen molar-refractivity contribution in [3.63, 3.8) is 0 Å². The number of ether oxygens (including phenoxy) is 1. The molecule has 0 aliphatic carbocycles. The molecule has 1 aromatic carbocycles. The zero-order valence-electron chi connectivity index (χ0n) is 13.6. The van der Waals surface area contributed by atoms with Gasteiger partial charge < -0.3 is 15.0 Å². The van der Waals surface area contributed by atoms with Gasteiger partial charge in [0.15, 0.2) is 0 Å². The average Bonchev–Trinajstić information content (AvgIpc) is 2.56. The molecular weight excluding hydrogens is 316 g/mol. The largest absolute Gasteiger partial charge is 0.497 e. The maximum Gasteiger partial charge on any atom is 0.223 e. The van der Waals surface area contributed by atoms with Crippen LogP contribution < -0.4 is 10.1 Å². The molecule has 2 amide bonds. The highest BCUT2D eigenvalue weighted by molar-refractivity contribution is 6.31. The lowest BCUT2D eigenvalue weighted by Gasteiger charge is -2.30. The summed E-state index contributed by atoms with van der Waals surface area (Å²) in [7, 11) is 1.60. The minimum Gasteiger partial charge on any atom is -0.497 e. The number of piperidine rings is 1. The summed E-state index contributed by atoms with van der Waals surface area (Å²) in [5.41, 5.74) is 0.985. The standard InChI is InChI=1S/C17H23ClN2O3/c1-12(21)20-9-6-14(7-10-20)17(22)19-8-5-13-3-4-15(23-2)11-16(13)18/h3-4,11,14H,5-10H2,1-2H3,(H,19,22). The molecule has 126 valence electrons. The van der Waals surface area contributed by atoms with Crippen molar-refractivity contribution in [2.45, 2.75) is 26.2 Å². The Bertz CT molecular complexity index is 569. The number of carbonyl (C=O) groups excluding carboxylic acids is 2. The molecule has 6 heteroatoms. The quantitative estimate of drug-likeness (QED) is 0.896. The number of rotatable bonds is 5. The highest BCUT2D eigenvalue weighted by Crippen LogP contribution is 2.22.